The number of methoxy groups -OCH3 is 1. The zero-order valence-electron chi connectivity index (χ0n) is 7.59. The molecule has 0 aliphatic heterocycles. The molecule has 1 rings (SSSR count). The summed E-state index contributed by atoms with van der Waals surface area (Å²) < 4.78 is 4.98. The van der Waals surface area contributed by atoms with Crippen LogP contribution >= 0.6 is 0 Å². The van der Waals surface area contributed by atoms with Crippen molar-refractivity contribution in [3.63, 3.8) is 0 Å². The molecule has 0 unspecified atom stereocenters. The van der Waals surface area contributed by atoms with E-state index in [9.17, 15) is 0 Å². The lowest BCUT2D eigenvalue weighted by atomic mass is 10.1. The molecule has 0 saturated carbocycles. The Balaban J connectivity index is 3.18. The molecule has 1 aromatic heterocycles. The SMILES string of the molecule is COc1cc(C)c(CO)c(C)n1. The Morgan fingerprint density at radius 1 is 1.50 bits per heavy atom. The standard InChI is InChI=1S/C9H13NO2/c1-6-4-9(12-3)10-7(2)8(6)5-11/h4,11H,5H2,1-3H3. The van der Waals surface area contributed by atoms with Crippen molar-refractivity contribution in [1.82, 2.24) is 4.98 Å². The van der Waals surface area contributed by atoms with Crippen LogP contribution in [0.1, 0.15) is 16.8 Å². The van der Waals surface area contributed by atoms with E-state index in [0.29, 0.717) is 5.88 Å². The van der Waals surface area contributed by atoms with Gasteiger partial charge in [-0.3, -0.25) is 0 Å². The summed E-state index contributed by atoms with van der Waals surface area (Å²) in [6.45, 7) is 3.83. The van der Waals surface area contributed by atoms with Gasteiger partial charge in [0.25, 0.3) is 0 Å². The third-order valence-corrected chi connectivity index (χ3v) is 1.90. The maximum atomic E-state index is 8.98. The van der Waals surface area contributed by atoms with Crippen LogP contribution in [0.4, 0.5) is 0 Å². The molecule has 3 heteroatoms. The normalized spacial score (nSPS) is 10.0. The van der Waals surface area contributed by atoms with Crippen LogP contribution < -0.4 is 4.74 Å². The highest BCUT2D eigenvalue weighted by molar-refractivity contribution is 5.32. The van der Waals surface area contributed by atoms with Gasteiger partial charge in [-0.2, -0.15) is 0 Å². The summed E-state index contributed by atoms with van der Waals surface area (Å²) in [6.07, 6.45) is 0. The monoisotopic (exact) mass is 167 g/mol. The van der Waals surface area contributed by atoms with Crippen molar-refractivity contribution < 1.29 is 9.84 Å². The molecule has 0 amide bonds. The van der Waals surface area contributed by atoms with Crippen molar-refractivity contribution in [3.8, 4) is 5.88 Å². The predicted molar refractivity (Wildman–Crippen MR) is 46.2 cm³/mol. The molecule has 0 fully saturated rings. The molecule has 0 aliphatic carbocycles. The second-order valence-corrected chi connectivity index (χ2v) is 2.70. The van der Waals surface area contributed by atoms with E-state index in [2.05, 4.69) is 4.98 Å². The van der Waals surface area contributed by atoms with Gasteiger partial charge in [0.05, 0.1) is 13.7 Å². The minimum Gasteiger partial charge on any atom is -0.481 e. The Morgan fingerprint density at radius 3 is 2.58 bits per heavy atom. The zero-order chi connectivity index (χ0) is 9.14. The Hall–Kier alpha value is -1.09. The van der Waals surface area contributed by atoms with Gasteiger partial charge in [0, 0.05) is 17.3 Å². The molecule has 0 radical (unpaired) electrons. The molecule has 66 valence electrons. The van der Waals surface area contributed by atoms with Crippen LogP contribution in [0, 0.1) is 13.8 Å². The number of ether oxygens (including phenoxy) is 1. The molecule has 12 heavy (non-hydrogen) atoms. The van der Waals surface area contributed by atoms with Crippen molar-refractivity contribution in [2.75, 3.05) is 7.11 Å². The molecule has 0 saturated heterocycles. The first kappa shape index (κ1) is 9.00. The Labute approximate surface area is 72.0 Å². The fourth-order valence-corrected chi connectivity index (χ4v) is 1.17. The van der Waals surface area contributed by atoms with E-state index in [1.54, 1.807) is 7.11 Å². The van der Waals surface area contributed by atoms with E-state index >= 15 is 0 Å². The van der Waals surface area contributed by atoms with Crippen molar-refractivity contribution in [1.29, 1.82) is 0 Å². The van der Waals surface area contributed by atoms with Crippen LogP contribution in [-0.2, 0) is 6.61 Å². The Bertz CT molecular complexity index is 261. The lowest BCUT2D eigenvalue weighted by Gasteiger charge is -2.07. The van der Waals surface area contributed by atoms with E-state index in [0.717, 1.165) is 16.8 Å². The average molecular weight is 167 g/mol. The molecule has 0 aromatic carbocycles. The number of pyridine rings is 1. The van der Waals surface area contributed by atoms with Gasteiger partial charge < -0.3 is 9.84 Å². The third-order valence-electron chi connectivity index (χ3n) is 1.90. The maximum absolute atomic E-state index is 8.98. The number of hydrogen-bond donors (Lipinski definition) is 1. The fraction of sp³-hybridized carbons (Fsp3) is 0.444. The molecule has 3 nitrogen and oxygen atoms in total. The number of hydrogen-bond acceptors (Lipinski definition) is 3. The lowest BCUT2D eigenvalue weighted by Crippen LogP contribution is -1.98. The molecule has 0 bridgehead atoms. The van der Waals surface area contributed by atoms with Crippen molar-refractivity contribution in [3.05, 3.63) is 22.9 Å². The van der Waals surface area contributed by atoms with Crippen LogP contribution in [0.2, 0.25) is 0 Å². The first-order valence-electron chi connectivity index (χ1n) is 3.81. The predicted octanol–water partition coefficient (Wildman–Crippen LogP) is 1.20. The van der Waals surface area contributed by atoms with Crippen LogP contribution in [0.25, 0.3) is 0 Å². The van der Waals surface area contributed by atoms with Gasteiger partial charge in [-0.1, -0.05) is 0 Å². The summed E-state index contributed by atoms with van der Waals surface area (Å²) in [4.78, 5) is 4.14. The Kier molecular flexibility index (Phi) is 2.65. The molecule has 1 aromatic rings. The van der Waals surface area contributed by atoms with E-state index in [1.165, 1.54) is 0 Å². The molecule has 0 spiro atoms. The van der Waals surface area contributed by atoms with Crippen LogP contribution in [-0.4, -0.2) is 17.2 Å². The number of aryl methyl sites for hydroxylation is 2. The number of aliphatic hydroxyl groups is 1. The van der Waals surface area contributed by atoms with E-state index in [1.807, 2.05) is 19.9 Å². The molecule has 0 atom stereocenters. The van der Waals surface area contributed by atoms with E-state index < -0.39 is 0 Å². The van der Waals surface area contributed by atoms with Crippen LogP contribution in [0.15, 0.2) is 6.07 Å². The van der Waals surface area contributed by atoms with Gasteiger partial charge in [-0.05, 0) is 19.4 Å². The first-order valence-corrected chi connectivity index (χ1v) is 3.81. The highest BCUT2D eigenvalue weighted by Crippen LogP contribution is 2.17. The molecule has 0 aliphatic rings. The summed E-state index contributed by atoms with van der Waals surface area (Å²) in [5.74, 6) is 0.599. The highest BCUT2D eigenvalue weighted by atomic mass is 16.5. The first-order chi connectivity index (χ1) is 5.69. The highest BCUT2D eigenvalue weighted by Gasteiger charge is 2.04. The summed E-state index contributed by atoms with van der Waals surface area (Å²) in [5.41, 5.74) is 2.73. The number of aromatic nitrogens is 1. The number of aliphatic hydroxyl groups excluding tert-OH is 1. The van der Waals surface area contributed by atoms with Crippen molar-refractivity contribution in [2.45, 2.75) is 20.5 Å². The minimum atomic E-state index is 0.0364. The quantitative estimate of drug-likeness (QED) is 0.719. The van der Waals surface area contributed by atoms with E-state index in [-0.39, 0.29) is 6.61 Å². The smallest absolute Gasteiger partial charge is 0.213 e. The number of nitrogens with zero attached hydrogens (tertiary/aromatic N) is 1. The van der Waals surface area contributed by atoms with Gasteiger partial charge in [0.2, 0.25) is 5.88 Å². The maximum Gasteiger partial charge on any atom is 0.213 e. The van der Waals surface area contributed by atoms with Gasteiger partial charge in [0.1, 0.15) is 0 Å². The fourth-order valence-electron chi connectivity index (χ4n) is 1.17. The van der Waals surface area contributed by atoms with Crippen molar-refractivity contribution >= 4 is 0 Å². The average Bonchev–Trinajstić information content (AvgIpc) is 2.03. The summed E-state index contributed by atoms with van der Waals surface area (Å²) >= 11 is 0. The second-order valence-electron chi connectivity index (χ2n) is 2.70. The Morgan fingerprint density at radius 2 is 2.17 bits per heavy atom. The second kappa shape index (κ2) is 3.54. The summed E-state index contributed by atoms with van der Waals surface area (Å²) in [5, 5.41) is 8.98. The topological polar surface area (TPSA) is 42.4 Å². The zero-order valence-corrected chi connectivity index (χ0v) is 7.59. The van der Waals surface area contributed by atoms with Gasteiger partial charge in [0.15, 0.2) is 0 Å². The van der Waals surface area contributed by atoms with Crippen LogP contribution in [0.3, 0.4) is 0 Å². The minimum absolute atomic E-state index is 0.0364. The third kappa shape index (κ3) is 1.56. The summed E-state index contributed by atoms with van der Waals surface area (Å²) in [7, 11) is 1.58. The molecule has 1 heterocycles. The molecule has 1 N–H and O–H groups in total. The number of rotatable bonds is 2. The van der Waals surface area contributed by atoms with Crippen molar-refractivity contribution in [2.24, 2.45) is 0 Å². The van der Waals surface area contributed by atoms with Gasteiger partial charge >= 0.3 is 0 Å². The largest absolute Gasteiger partial charge is 0.481 e. The van der Waals surface area contributed by atoms with Gasteiger partial charge in [-0.15, -0.1) is 0 Å². The summed E-state index contributed by atoms with van der Waals surface area (Å²) in [6, 6.07) is 1.82. The molecular weight excluding hydrogens is 154 g/mol. The molecular formula is C9H13NO2. The van der Waals surface area contributed by atoms with E-state index in [4.69, 9.17) is 9.84 Å². The van der Waals surface area contributed by atoms with Gasteiger partial charge in [-0.25, -0.2) is 4.98 Å². The lowest BCUT2D eigenvalue weighted by molar-refractivity contribution is 0.279. The van der Waals surface area contributed by atoms with Crippen LogP contribution in [0.5, 0.6) is 5.88 Å².